The number of hydrogen-bond donors (Lipinski definition) is 1. The van der Waals surface area contributed by atoms with Crippen LogP contribution >= 0.6 is 0 Å². The van der Waals surface area contributed by atoms with Crippen LogP contribution in [0.1, 0.15) is 220 Å². The summed E-state index contributed by atoms with van der Waals surface area (Å²) in [6, 6.07) is 0.0940. The van der Waals surface area contributed by atoms with E-state index in [9.17, 15) is 9.59 Å². The third-order valence-corrected chi connectivity index (χ3v) is 10.4. The maximum Gasteiger partial charge on any atom is 0.317 e. The smallest absolute Gasteiger partial charge is 0.317 e. The second-order valence-corrected chi connectivity index (χ2v) is 15.7. The van der Waals surface area contributed by atoms with E-state index in [1.54, 1.807) is 0 Å². The summed E-state index contributed by atoms with van der Waals surface area (Å²) in [6.07, 6.45) is 39.2. The fourth-order valence-corrected chi connectivity index (χ4v) is 7.00. The van der Waals surface area contributed by atoms with Crippen molar-refractivity contribution < 1.29 is 14.3 Å². The van der Waals surface area contributed by atoms with Crippen LogP contribution in [0.2, 0.25) is 0 Å². The molecule has 0 saturated carbocycles. The molecule has 0 aromatic heterocycles. The van der Waals surface area contributed by atoms with Crippen LogP contribution in [0, 0.1) is 5.92 Å². The van der Waals surface area contributed by atoms with Crippen molar-refractivity contribution in [1.82, 2.24) is 15.1 Å². The quantitative estimate of drug-likeness (QED) is 0.0510. The Morgan fingerprint density at radius 1 is 0.500 bits per heavy atom. The Labute approximate surface area is 313 Å². The molecule has 0 bridgehead atoms. The Morgan fingerprint density at radius 3 is 1.36 bits per heavy atom. The molecule has 0 aromatic rings. The molecule has 1 N–H and O–H groups in total. The summed E-state index contributed by atoms with van der Waals surface area (Å²) in [5, 5.41) is 3.15. The van der Waals surface area contributed by atoms with Gasteiger partial charge in [-0.1, -0.05) is 188 Å². The van der Waals surface area contributed by atoms with E-state index >= 15 is 0 Å². The Morgan fingerprint density at radius 2 is 0.900 bits per heavy atom. The number of unbranched alkanes of at least 4 members (excludes halogenated alkanes) is 22. The lowest BCUT2D eigenvalue weighted by Crippen LogP contribution is -2.43. The largest absolute Gasteiger partial charge is 0.466 e. The Balaban J connectivity index is 4.35. The number of nitrogens with zero attached hydrogens (tertiary/aromatic N) is 2. The van der Waals surface area contributed by atoms with Crippen molar-refractivity contribution in [3.63, 3.8) is 0 Å². The van der Waals surface area contributed by atoms with Gasteiger partial charge in [-0.05, 0) is 45.7 Å². The predicted molar refractivity (Wildman–Crippen MR) is 218 cm³/mol. The maximum absolute atomic E-state index is 13.0. The average Bonchev–Trinajstić information content (AvgIpc) is 3.10. The van der Waals surface area contributed by atoms with Crippen LogP contribution < -0.4 is 5.32 Å². The molecule has 0 saturated heterocycles. The van der Waals surface area contributed by atoms with E-state index in [0.717, 1.165) is 76.9 Å². The Bertz CT molecular complexity index is 701. The molecule has 0 fully saturated rings. The summed E-state index contributed by atoms with van der Waals surface area (Å²) in [4.78, 5) is 29.2. The first-order chi connectivity index (χ1) is 24.4. The number of amides is 2. The fraction of sp³-hybridized carbons (Fsp3) is 0.955. The van der Waals surface area contributed by atoms with Crippen molar-refractivity contribution in [3.8, 4) is 0 Å². The zero-order valence-corrected chi connectivity index (χ0v) is 34.7. The molecule has 0 atom stereocenters. The van der Waals surface area contributed by atoms with Gasteiger partial charge in [0.05, 0.1) is 6.61 Å². The fourth-order valence-electron chi connectivity index (χ4n) is 7.00. The Kier molecular flexibility index (Phi) is 37.9. The van der Waals surface area contributed by atoms with E-state index in [4.69, 9.17) is 4.74 Å². The number of esters is 1. The maximum atomic E-state index is 13.0. The molecule has 0 aromatic carbocycles. The van der Waals surface area contributed by atoms with Gasteiger partial charge in [-0.15, -0.1) is 0 Å². The van der Waals surface area contributed by atoms with Gasteiger partial charge >= 0.3 is 12.0 Å². The molecule has 0 radical (unpaired) electrons. The predicted octanol–water partition coefficient (Wildman–Crippen LogP) is 12.9. The number of hydrogen-bond acceptors (Lipinski definition) is 4. The standard InChI is InChI=1S/C44H89N3O3/c1-6-9-12-15-19-26-33-42(34-27-20-16-13-10-7-2)35-28-21-17-23-30-38-47(44(49)45-37-40-46(4)5)39-31-24-18-22-29-36-43(48)50-41-32-25-14-11-8-3/h42H,6-41H2,1-5H3,(H,45,49). The normalized spacial score (nSPS) is 11.5. The first kappa shape index (κ1) is 48.7. The highest BCUT2D eigenvalue weighted by atomic mass is 16.5. The molecule has 6 heteroatoms. The lowest BCUT2D eigenvalue weighted by molar-refractivity contribution is -0.143. The van der Waals surface area contributed by atoms with Gasteiger partial charge in [0.1, 0.15) is 0 Å². The van der Waals surface area contributed by atoms with Crippen molar-refractivity contribution in [2.45, 2.75) is 220 Å². The summed E-state index contributed by atoms with van der Waals surface area (Å²) in [5.74, 6) is 0.898. The minimum atomic E-state index is -0.0396. The number of carbonyl (C=O) groups is 2. The summed E-state index contributed by atoms with van der Waals surface area (Å²) in [5.41, 5.74) is 0. The van der Waals surface area contributed by atoms with Crippen molar-refractivity contribution in [3.05, 3.63) is 0 Å². The van der Waals surface area contributed by atoms with Crippen LogP contribution in [0.5, 0.6) is 0 Å². The van der Waals surface area contributed by atoms with Crippen molar-refractivity contribution in [2.24, 2.45) is 5.92 Å². The highest BCUT2D eigenvalue weighted by Gasteiger charge is 2.13. The molecule has 0 aliphatic heterocycles. The van der Waals surface area contributed by atoms with Gasteiger partial charge in [-0.2, -0.15) is 0 Å². The molecular formula is C44H89N3O3. The highest BCUT2D eigenvalue weighted by molar-refractivity contribution is 5.74. The zero-order valence-electron chi connectivity index (χ0n) is 34.7. The van der Waals surface area contributed by atoms with Crippen LogP contribution in [0.3, 0.4) is 0 Å². The number of rotatable bonds is 39. The molecule has 0 unspecified atom stereocenters. The number of urea groups is 1. The van der Waals surface area contributed by atoms with Gasteiger partial charge in [-0.25, -0.2) is 4.79 Å². The average molecular weight is 708 g/mol. The summed E-state index contributed by atoms with van der Waals surface area (Å²) < 4.78 is 5.40. The van der Waals surface area contributed by atoms with Crippen LogP contribution in [0.15, 0.2) is 0 Å². The van der Waals surface area contributed by atoms with E-state index in [1.807, 2.05) is 14.1 Å². The third kappa shape index (κ3) is 35.1. The number of nitrogens with one attached hydrogen (secondary N) is 1. The molecule has 2 amide bonds. The van der Waals surface area contributed by atoms with Crippen molar-refractivity contribution in [1.29, 1.82) is 0 Å². The van der Waals surface area contributed by atoms with Crippen LogP contribution in [0.4, 0.5) is 4.79 Å². The Hall–Kier alpha value is -1.30. The first-order valence-corrected chi connectivity index (χ1v) is 22.3. The van der Waals surface area contributed by atoms with Gasteiger partial charge in [0.2, 0.25) is 0 Å². The molecule has 0 spiro atoms. The molecule has 0 heterocycles. The van der Waals surface area contributed by atoms with E-state index < -0.39 is 0 Å². The molecule has 298 valence electrons. The van der Waals surface area contributed by atoms with Gasteiger partial charge < -0.3 is 19.9 Å². The molecular weight excluding hydrogens is 619 g/mol. The van der Waals surface area contributed by atoms with Crippen LogP contribution in [0.25, 0.3) is 0 Å². The zero-order chi connectivity index (χ0) is 36.8. The van der Waals surface area contributed by atoms with Crippen LogP contribution in [-0.2, 0) is 9.53 Å². The molecule has 6 nitrogen and oxygen atoms in total. The third-order valence-electron chi connectivity index (χ3n) is 10.4. The minimum absolute atomic E-state index is 0.0396. The number of carbonyl (C=O) groups excluding carboxylic acids is 2. The van der Waals surface area contributed by atoms with E-state index in [-0.39, 0.29) is 12.0 Å². The van der Waals surface area contributed by atoms with E-state index in [2.05, 4.69) is 35.9 Å². The van der Waals surface area contributed by atoms with Gasteiger partial charge in [0, 0.05) is 32.6 Å². The second kappa shape index (κ2) is 38.9. The molecule has 0 aliphatic carbocycles. The highest BCUT2D eigenvalue weighted by Crippen LogP contribution is 2.25. The summed E-state index contributed by atoms with van der Waals surface area (Å²) >= 11 is 0. The second-order valence-electron chi connectivity index (χ2n) is 15.7. The minimum Gasteiger partial charge on any atom is -0.466 e. The number of likely N-dealkylation sites (N-methyl/N-ethyl adjacent to an activating group) is 1. The van der Waals surface area contributed by atoms with E-state index in [0.29, 0.717) is 19.6 Å². The monoisotopic (exact) mass is 708 g/mol. The van der Waals surface area contributed by atoms with Crippen LogP contribution in [-0.4, -0.2) is 68.7 Å². The summed E-state index contributed by atoms with van der Waals surface area (Å²) in [7, 11) is 4.09. The van der Waals surface area contributed by atoms with Gasteiger partial charge in [0.15, 0.2) is 0 Å². The molecule has 0 rings (SSSR count). The first-order valence-electron chi connectivity index (χ1n) is 22.3. The van der Waals surface area contributed by atoms with Crippen molar-refractivity contribution in [2.75, 3.05) is 46.9 Å². The van der Waals surface area contributed by atoms with E-state index in [1.165, 1.54) is 141 Å². The molecule has 50 heavy (non-hydrogen) atoms. The van der Waals surface area contributed by atoms with Gasteiger partial charge in [0.25, 0.3) is 0 Å². The lowest BCUT2D eigenvalue weighted by Gasteiger charge is -2.24. The van der Waals surface area contributed by atoms with Gasteiger partial charge in [-0.3, -0.25) is 4.79 Å². The molecule has 0 aliphatic rings. The SMILES string of the molecule is CCCCCCCCC(CCCCCCCC)CCCCCCCN(CCCCCCCC(=O)OCCCCCCC)C(=O)NCCN(C)C. The topological polar surface area (TPSA) is 61.9 Å². The van der Waals surface area contributed by atoms with Crippen molar-refractivity contribution >= 4 is 12.0 Å². The lowest BCUT2D eigenvalue weighted by atomic mass is 9.89. The number of ether oxygens (including phenoxy) is 1. The summed E-state index contributed by atoms with van der Waals surface area (Å²) in [6.45, 7) is 10.6.